The second kappa shape index (κ2) is 7.35. The van der Waals surface area contributed by atoms with E-state index in [9.17, 15) is 8.42 Å². The molecular weight excluding hydrogens is 266 g/mol. The normalized spacial score (nSPS) is 11.3. The molecule has 0 fully saturated rings. The summed E-state index contributed by atoms with van der Waals surface area (Å²) in [5.41, 5.74) is 6.46. The molecule has 0 unspecified atom stereocenters. The minimum Gasteiger partial charge on any atom is -0.493 e. The van der Waals surface area contributed by atoms with Crippen molar-refractivity contribution in [1.29, 1.82) is 0 Å². The van der Waals surface area contributed by atoms with Crippen LogP contribution in [0.1, 0.15) is 18.9 Å². The zero-order valence-electron chi connectivity index (χ0n) is 11.4. The smallest absolute Gasteiger partial charge is 0.161 e. The van der Waals surface area contributed by atoms with Gasteiger partial charge >= 0.3 is 0 Å². The van der Waals surface area contributed by atoms with Crippen LogP contribution in [-0.2, 0) is 16.4 Å². The Labute approximate surface area is 114 Å². The Balaban J connectivity index is 2.66. The van der Waals surface area contributed by atoms with E-state index in [0.717, 1.165) is 5.56 Å². The summed E-state index contributed by atoms with van der Waals surface area (Å²) in [4.78, 5) is 0. The van der Waals surface area contributed by atoms with Gasteiger partial charge in [0, 0.05) is 6.54 Å². The molecule has 0 radical (unpaired) electrons. The molecule has 0 aromatic heterocycles. The van der Waals surface area contributed by atoms with Crippen LogP contribution in [-0.4, -0.2) is 33.6 Å². The number of ether oxygens (including phenoxy) is 2. The van der Waals surface area contributed by atoms with Crippen LogP contribution in [0.25, 0.3) is 0 Å². The van der Waals surface area contributed by atoms with Gasteiger partial charge in [0.25, 0.3) is 0 Å². The Hall–Kier alpha value is -1.27. The molecule has 1 aromatic rings. The molecule has 0 heterocycles. The van der Waals surface area contributed by atoms with Crippen LogP contribution in [0, 0.1) is 0 Å². The quantitative estimate of drug-likeness (QED) is 0.781. The fourth-order valence-electron chi connectivity index (χ4n) is 1.65. The largest absolute Gasteiger partial charge is 0.493 e. The van der Waals surface area contributed by atoms with Gasteiger partial charge in [-0.1, -0.05) is 13.0 Å². The molecular formula is C13H21NO4S. The molecule has 0 aliphatic rings. The van der Waals surface area contributed by atoms with E-state index in [2.05, 4.69) is 0 Å². The second-order valence-electron chi connectivity index (χ2n) is 4.19. The third-order valence-electron chi connectivity index (χ3n) is 2.63. The van der Waals surface area contributed by atoms with E-state index in [0.29, 0.717) is 24.5 Å². The van der Waals surface area contributed by atoms with Gasteiger partial charge in [-0.2, -0.15) is 0 Å². The molecule has 2 N–H and O–H groups in total. The van der Waals surface area contributed by atoms with E-state index in [1.165, 1.54) is 7.11 Å². The Morgan fingerprint density at radius 3 is 2.53 bits per heavy atom. The van der Waals surface area contributed by atoms with Gasteiger partial charge in [0.15, 0.2) is 21.3 Å². The summed E-state index contributed by atoms with van der Waals surface area (Å²) in [6, 6.07) is 5.38. The first kappa shape index (κ1) is 15.8. The Kier molecular flexibility index (Phi) is 6.11. The van der Waals surface area contributed by atoms with E-state index in [-0.39, 0.29) is 18.1 Å². The molecule has 5 nitrogen and oxygen atoms in total. The van der Waals surface area contributed by atoms with Gasteiger partial charge in [0.1, 0.15) is 6.61 Å². The van der Waals surface area contributed by atoms with Gasteiger partial charge in [0.2, 0.25) is 0 Å². The monoisotopic (exact) mass is 287 g/mol. The van der Waals surface area contributed by atoms with Crippen LogP contribution in [0.4, 0.5) is 0 Å². The highest BCUT2D eigenvalue weighted by atomic mass is 32.2. The average Bonchev–Trinajstić information content (AvgIpc) is 2.38. The summed E-state index contributed by atoms with van der Waals surface area (Å²) in [5, 5.41) is 0. The third kappa shape index (κ3) is 5.08. The first-order valence-electron chi connectivity index (χ1n) is 6.22. The predicted molar refractivity (Wildman–Crippen MR) is 75.3 cm³/mol. The second-order valence-corrected chi connectivity index (χ2v) is 6.49. The van der Waals surface area contributed by atoms with Crippen molar-refractivity contribution >= 4 is 9.84 Å². The van der Waals surface area contributed by atoms with Crippen LogP contribution >= 0.6 is 0 Å². The van der Waals surface area contributed by atoms with Crippen LogP contribution < -0.4 is 15.2 Å². The first-order chi connectivity index (χ1) is 9.02. The van der Waals surface area contributed by atoms with Crippen molar-refractivity contribution in [2.24, 2.45) is 5.73 Å². The first-order valence-corrected chi connectivity index (χ1v) is 8.04. The van der Waals surface area contributed by atoms with Gasteiger partial charge in [-0.25, -0.2) is 8.42 Å². The lowest BCUT2D eigenvalue weighted by Crippen LogP contribution is -2.17. The topological polar surface area (TPSA) is 78.6 Å². The average molecular weight is 287 g/mol. The predicted octanol–water partition coefficient (Wildman–Crippen LogP) is 1.36. The molecule has 0 saturated heterocycles. The molecule has 0 aliphatic carbocycles. The zero-order chi connectivity index (χ0) is 14.3. The zero-order valence-corrected chi connectivity index (χ0v) is 12.2. The van der Waals surface area contributed by atoms with Crippen molar-refractivity contribution in [3.8, 4) is 11.5 Å². The van der Waals surface area contributed by atoms with Crippen LogP contribution in [0.3, 0.4) is 0 Å². The fourth-order valence-corrected chi connectivity index (χ4v) is 2.82. The summed E-state index contributed by atoms with van der Waals surface area (Å²) in [5.74, 6) is 1.30. The summed E-state index contributed by atoms with van der Waals surface area (Å²) >= 11 is 0. The fraction of sp³-hybridized carbons (Fsp3) is 0.538. The number of rotatable bonds is 8. The lowest BCUT2D eigenvalue weighted by Gasteiger charge is -2.12. The summed E-state index contributed by atoms with van der Waals surface area (Å²) < 4.78 is 33.8. The minimum absolute atomic E-state index is 0.0108. The van der Waals surface area contributed by atoms with Gasteiger partial charge in [-0.05, 0) is 24.1 Å². The van der Waals surface area contributed by atoms with Gasteiger partial charge in [-0.15, -0.1) is 0 Å². The third-order valence-corrected chi connectivity index (χ3v) is 4.45. The molecule has 0 saturated carbocycles. The number of sulfone groups is 1. The number of hydrogen-bond acceptors (Lipinski definition) is 5. The van der Waals surface area contributed by atoms with Crippen molar-refractivity contribution in [1.82, 2.24) is 0 Å². The summed E-state index contributed by atoms with van der Waals surface area (Å²) in [7, 11) is -1.49. The number of benzene rings is 1. The highest BCUT2D eigenvalue weighted by Crippen LogP contribution is 2.27. The SMILES string of the molecule is CCCS(=O)(=O)CCOc1cc(CN)ccc1OC. The van der Waals surface area contributed by atoms with E-state index >= 15 is 0 Å². The van der Waals surface area contributed by atoms with Crippen molar-refractivity contribution in [3.05, 3.63) is 23.8 Å². The summed E-state index contributed by atoms with van der Waals surface area (Å²) in [6.45, 7) is 2.35. The number of hydrogen-bond donors (Lipinski definition) is 1. The van der Waals surface area contributed by atoms with Crippen LogP contribution in [0.2, 0.25) is 0 Å². The molecule has 0 aliphatic heterocycles. The van der Waals surface area contributed by atoms with E-state index in [4.69, 9.17) is 15.2 Å². The maximum atomic E-state index is 11.6. The highest BCUT2D eigenvalue weighted by Gasteiger charge is 2.11. The molecule has 1 aromatic carbocycles. The Bertz CT molecular complexity index is 499. The molecule has 0 spiro atoms. The lowest BCUT2D eigenvalue weighted by molar-refractivity contribution is 0.311. The van der Waals surface area contributed by atoms with Crippen LogP contribution in [0.5, 0.6) is 11.5 Å². The van der Waals surface area contributed by atoms with Crippen molar-refractivity contribution in [3.63, 3.8) is 0 Å². The molecule has 1 rings (SSSR count). The van der Waals surface area contributed by atoms with Gasteiger partial charge in [0.05, 0.1) is 18.6 Å². The molecule has 0 amide bonds. The number of nitrogens with two attached hydrogens (primary N) is 1. The molecule has 0 atom stereocenters. The van der Waals surface area contributed by atoms with Gasteiger partial charge < -0.3 is 15.2 Å². The van der Waals surface area contributed by atoms with Crippen molar-refractivity contribution < 1.29 is 17.9 Å². The standard InChI is InChI=1S/C13H21NO4S/c1-3-7-19(15,16)8-6-18-13-9-11(10-14)4-5-12(13)17-2/h4-5,9H,3,6-8,10,14H2,1-2H3. The van der Waals surface area contributed by atoms with Crippen LogP contribution in [0.15, 0.2) is 18.2 Å². The maximum Gasteiger partial charge on any atom is 0.161 e. The lowest BCUT2D eigenvalue weighted by atomic mass is 10.2. The Morgan fingerprint density at radius 2 is 1.95 bits per heavy atom. The molecule has 19 heavy (non-hydrogen) atoms. The number of methoxy groups -OCH3 is 1. The van der Waals surface area contributed by atoms with Gasteiger partial charge in [-0.3, -0.25) is 0 Å². The van der Waals surface area contributed by atoms with Crippen molar-refractivity contribution in [2.75, 3.05) is 25.2 Å². The van der Waals surface area contributed by atoms with E-state index in [1.54, 1.807) is 12.1 Å². The highest BCUT2D eigenvalue weighted by molar-refractivity contribution is 7.91. The van der Waals surface area contributed by atoms with E-state index < -0.39 is 9.84 Å². The van der Waals surface area contributed by atoms with Crippen molar-refractivity contribution in [2.45, 2.75) is 19.9 Å². The molecule has 108 valence electrons. The molecule has 0 bridgehead atoms. The Morgan fingerprint density at radius 1 is 1.21 bits per heavy atom. The van der Waals surface area contributed by atoms with E-state index in [1.807, 2.05) is 13.0 Å². The minimum atomic E-state index is -3.03. The summed E-state index contributed by atoms with van der Waals surface area (Å²) in [6.07, 6.45) is 0.619. The molecule has 6 heteroatoms. The maximum absolute atomic E-state index is 11.6.